The highest BCUT2D eigenvalue weighted by atomic mass is 16.2. The lowest BCUT2D eigenvalue weighted by Gasteiger charge is -2.07. The SMILES string of the molecule is Cc1cccc(/C=C/CC(=O)N(C)C)c1. The van der Waals surface area contributed by atoms with Crippen molar-refractivity contribution in [3.8, 4) is 0 Å². The van der Waals surface area contributed by atoms with Crippen molar-refractivity contribution in [3.63, 3.8) is 0 Å². The van der Waals surface area contributed by atoms with Gasteiger partial charge in [-0.1, -0.05) is 42.0 Å². The summed E-state index contributed by atoms with van der Waals surface area (Å²) in [4.78, 5) is 12.9. The largest absolute Gasteiger partial charge is 0.349 e. The minimum Gasteiger partial charge on any atom is -0.349 e. The van der Waals surface area contributed by atoms with Crippen LogP contribution in [0.3, 0.4) is 0 Å². The van der Waals surface area contributed by atoms with E-state index < -0.39 is 0 Å². The second kappa shape index (κ2) is 5.35. The summed E-state index contributed by atoms with van der Waals surface area (Å²) in [6.07, 6.45) is 4.34. The van der Waals surface area contributed by atoms with Crippen LogP contribution in [0.4, 0.5) is 0 Å². The number of amides is 1. The molecule has 1 amide bonds. The van der Waals surface area contributed by atoms with Gasteiger partial charge in [0.1, 0.15) is 0 Å². The second-order valence-electron chi connectivity index (χ2n) is 3.81. The van der Waals surface area contributed by atoms with Gasteiger partial charge in [0.2, 0.25) is 5.91 Å². The van der Waals surface area contributed by atoms with Crippen LogP contribution in [0.5, 0.6) is 0 Å². The first-order chi connectivity index (χ1) is 7.09. The molecule has 80 valence electrons. The first-order valence-electron chi connectivity index (χ1n) is 5.03. The van der Waals surface area contributed by atoms with Gasteiger partial charge in [0.15, 0.2) is 0 Å². The van der Waals surface area contributed by atoms with Crippen LogP contribution in [0.2, 0.25) is 0 Å². The van der Waals surface area contributed by atoms with E-state index in [0.717, 1.165) is 5.56 Å². The molecule has 0 atom stereocenters. The molecule has 0 N–H and O–H groups in total. The summed E-state index contributed by atoms with van der Waals surface area (Å²) in [6, 6.07) is 8.20. The topological polar surface area (TPSA) is 20.3 Å². The number of rotatable bonds is 3. The summed E-state index contributed by atoms with van der Waals surface area (Å²) in [7, 11) is 3.53. The zero-order valence-corrected chi connectivity index (χ0v) is 9.53. The maximum Gasteiger partial charge on any atom is 0.225 e. The van der Waals surface area contributed by atoms with E-state index in [1.165, 1.54) is 5.56 Å². The molecule has 2 nitrogen and oxygen atoms in total. The van der Waals surface area contributed by atoms with E-state index in [1.807, 2.05) is 24.3 Å². The van der Waals surface area contributed by atoms with Gasteiger partial charge in [-0.15, -0.1) is 0 Å². The summed E-state index contributed by atoms with van der Waals surface area (Å²) in [5.74, 6) is 0.124. The van der Waals surface area contributed by atoms with Gasteiger partial charge in [-0.2, -0.15) is 0 Å². The van der Waals surface area contributed by atoms with Gasteiger partial charge in [0.25, 0.3) is 0 Å². The zero-order chi connectivity index (χ0) is 11.3. The Bertz CT molecular complexity index is 367. The maximum atomic E-state index is 11.3. The van der Waals surface area contributed by atoms with Crippen molar-refractivity contribution in [2.24, 2.45) is 0 Å². The van der Waals surface area contributed by atoms with E-state index in [-0.39, 0.29) is 5.91 Å². The second-order valence-corrected chi connectivity index (χ2v) is 3.81. The van der Waals surface area contributed by atoms with Crippen LogP contribution < -0.4 is 0 Å². The molecule has 0 saturated carbocycles. The molecule has 0 spiro atoms. The first-order valence-corrected chi connectivity index (χ1v) is 5.03. The van der Waals surface area contributed by atoms with Crippen molar-refractivity contribution in [1.29, 1.82) is 0 Å². The summed E-state index contributed by atoms with van der Waals surface area (Å²) >= 11 is 0. The molecular formula is C13H17NO. The van der Waals surface area contributed by atoms with Crippen LogP contribution in [0.15, 0.2) is 30.3 Å². The number of aryl methyl sites for hydroxylation is 1. The van der Waals surface area contributed by atoms with E-state index >= 15 is 0 Å². The third kappa shape index (κ3) is 3.98. The number of carbonyl (C=O) groups is 1. The minimum absolute atomic E-state index is 0.124. The molecule has 0 fully saturated rings. The van der Waals surface area contributed by atoms with Crippen molar-refractivity contribution >= 4 is 12.0 Å². The van der Waals surface area contributed by atoms with Crippen molar-refractivity contribution in [3.05, 3.63) is 41.5 Å². The van der Waals surface area contributed by atoms with E-state index in [9.17, 15) is 4.79 Å². The third-order valence-corrected chi connectivity index (χ3v) is 2.14. The molecule has 0 radical (unpaired) electrons. The smallest absolute Gasteiger partial charge is 0.225 e. The Labute approximate surface area is 91.2 Å². The predicted molar refractivity (Wildman–Crippen MR) is 63.5 cm³/mol. The molecule has 0 aliphatic carbocycles. The molecule has 0 heterocycles. The highest BCUT2D eigenvalue weighted by Gasteiger charge is 1.98. The number of benzene rings is 1. The molecule has 0 bridgehead atoms. The molecule has 15 heavy (non-hydrogen) atoms. The third-order valence-electron chi connectivity index (χ3n) is 2.14. The lowest BCUT2D eigenvalue weighted by molar-refractivity contribution is -0.127. The Hall–Kier alpha value is -1.57. The molecule has 0 aromatic heterocycles. The van der Waals surface area contributed by atoms with Gasteiger partial charge in [-0.25, -0.2) is 0 Å². The maximum absolute atomic E-state index is 11.3. The first kappa shape index (κ1) is 11.5. The van der Waals surface area contributed by atoms with Crippen LogP contribution >= 0.6 is 0 Å². The van der Waals surface area contributed by atoms with Gasteiger partial charge in [0.05, 0.1) is 0 Å². The minimum atomic E-state index is 0.124. The standard InChI is InChI=1S/C13H17NO/c1-11-6-4-7-12(10-11)8-5-9-13(15)14(2)3/h4-8,10H,9H2,1-3H3/b8-5+. The fourth-order valence-electron chi connectivity index (χ4n) is 1.25. The van der Waals surface area contributed by atoms with Gasteiger partial charge in [0, 0.05) is 20.5 Å². The van der Waals surface area contributed by atoms with Crippen LogP contribution in [0.1, 0.15) is 17.5 Å². The monoisotopic (exact) mass is 203 g/mol. The predicted octanol–water partition coefficient (Wildman–Crippen LogP) is 2.49. The zero-order valence-electron chi connectivity index (χ0n) is 9.53. The van der Waals surface area contributed by atoms with Crippen LogP contribution in [0.25, 0.3) is 6.08 Å². The summed E-state index contributed by atoms with van der Waals surface area (Å²) < 4.78 is 0. The average molecular weight is 203 g/mol. The summed E-state index contributed by atoms with van der Waals surface area (Å²) in [6.45, 7) is 2.06. The fraction of sp³-hybridized carbons (Fsp3) is 0.308. The summed E-state index contributed by atoms with van der Waals surface area (Å²) in [5.41, 5.74) is 2.37. The molecule has 0 aliphatic heterocycles. The molecule has 1 aromatic carbocycles. The number of hydrogen-bond acceptors (Lipinski definition) is 1. The highest BCUT2D eigenvalue weighted by molar-refractivity contribution is 5.78. The normalized spacial score (nSPS) is 10.6. The fourth-order valence-corrected chi connectivity index (χ4v) is 1.25. The number of carbonyl (C=O) groups excluding carboxylic acids is 1. The highest BCUT2D eigenvalue weighted by Crippen LogP contribution is 2.06. The average Bonchev–Trinajstić information content (AvgIpc) is 2.17. The van der Waals surface area contributed by atoms with Crippen molar-refractivity contribution in [1.82, 2.24) is 4.90 Å². The molecular weight excluding hydrogens is 186 g/mol. The summed E-state index contributed by atoms with van der Waals surface area (Å²) in [5, 5.41) is 0. The van der Waals surface area contributed by atoms with Gasteiger partial charge in [-0.05, 0) is 12.5 Å². The Morgan fingerprint density at radius 3 is 2.73 bits per heavy atom. The van der Waals surface area contributed by atoms with Crippen LogP contribution in [-0.2, 0) is 4.79 Å². The van der Waals surface area contributed by atoms with Crippen molar-refractivity contribution < 1.29 is 4.79 Å². The van der Waals surface area contributed by atoms with Gasteiger partial charge in [-0.3, -0.25) is 4.79 Å². The molecule has 1 aromatic rings. The lowest BCUT2D eigenvalue weighted by Crippen LogP contribution is -2.20. The lowest BCUT2D eigenvalue weighted by atomic mass is 10.1. The van der Waals surface area contributed by atoms with Crippen LogP contribution in [-0.4, -0.2) is 24.9 Å². The Balaban J connectivity index is 2.55. The van der Waals surface area contributed by atoms with Gasteiger partial charge < -0.3 is 4.90 Å². The molecule has 2 heteroatoms. The molecule has 0 aliphatic rings. The number of hydrogen-bond donors (Lipinski definition) is 0. The Morgan fingerprint density at radius 1 is 1.40 bits per heavy atom. The van der Waals surface area contributed by atoms with Crippen molar-refractivity contribution in [2.45, 2.75) is 13.3 Å². The molecule has 0 unspecified atom stereocenters. The molecule has 1 rings (SSSR count). The Morgan fingerprint density at radius 2 is 2.13 bits per heavy atom. The van der Waals surface area contributed by atoms with E-state index in [2.05, 4.69) is 19.1 Å². The van der Waals surface area contributed by atoms with Gasteiger partial charge >= 0.3 is 0 Å². The number of nitrogens with zero attached hydrogens (tertiary/aromatic N) is 1. The van der Waals surface area contributed by atoms with Crippen molar-refractivity contribution in [2.75, 3.05) is 14.1 Å². The quantitative estimate of drug-likeness (QED) is 0.739. The van der Waals surface area contributed by atoms with E-state index in [0.29, 0.717) is 6.42 Å². The Kier molecular flexibility index (Phi) is 4.10. The van der Waals surface area contributed by atoms with Crippen LogP contribution in [0, 0.1) is 6.92 Å². The molecule has 0 saturated heterocycles. The van der Waals surface area contributed by atoms with E-state index in [1.54, 1.807) is 19.0 Å². The van der Waals surface area contributed by atoms with E-state index in [4.69, 9.17) is 0 Å².